The van der Waals surface area contributed by atoms with Gasteiger partial charge in [0.15, 0.2) is 11.8 Å². The number of halogens is 4. The third-order valence-electron chi connectivity index (χ3n) is 4.95. The minimum absolute atomic E-state index is 0.0239. The highest BCUT2D eigenvalue weighted by atomic mass is 35.5. The molecule has 12 heteroatoms. The molecule has 0 radical (unpaired) electrons. The van der Waals surface area contributed by atoms with Crippen molar-refractivity contribution in [3.8, 4) is 5.88 Å². The molecule has 2 aromatic carbocycles. The Morgan fingerprint density at radius 1 is 1.08 bits per heavy atom. The van der Waals surface area contributed by atoms with Gasteiger partial charge in [0, 0.05) is 24.4 Å². The predicted molar refractivity (Wildman–Crippen MR) is 128 cm³/mol. The number of amides is 1. The van der Waals surface area contributed by atoms with E-state index in [1.54, 1.807) is 42.5 Å². The summed E-state index contributed by atoms with van der Waals surface area (Å²) in [5.74, 6) is -2.85. The minimum Gasteiger partial charge on any atom is -0.472 e. The molecule has 0 saturated heterocycles. The lowest BCUT2D eigenvalue weighted by Gasteiger charge is -2.20. The number of esters is 1. The Bertz CT molecular complexity index is 1290. The average Bonchev–Trinajstić information content (AvgIpc) is 2.89. The number of rotatable bonds is 9. The van der Waals surface area contributed by atoms with Gasteiger partial charge >= 0.3 is 12.1 Å². The Balaban J connectivity index is 1.87. The number of likely N-dealkylation sites (N-methyl/N-ethyl adjacent to an activating group) is 1. The van der Waals surface area contributed by atoms with E-state index in [0.717, 1.165) is 0 Å². The molecule has 0 aliphatic rings. The summed E-state index contributed by atoms with van der Waals surface area (Å²) < 4.78 is 49.1. The van der Waals surface area contributed by atoms with E-state index < -0.39 is 24.2 Å². The second-order valence-corrected chi connectivity index (χ2v) is 7.80. The fourth-order valence-electron chi connectivity index (χ4n) is 3.27. The van der Waals surface area contributed by atoms with Crippen molar-refractivity contribution in [1.82, 2.24) is 10.3 Å². The standard InChI is InChI=1S/C25H21ClF3N3O5/c1-30-22(33)20(32-35-2)18-11-7-6-10-16(18)14-36-23-19(26)12-17(13-31-23)21(15-8-4-3-5-9-15)37-24(34)25(27,28)29/h3-13,21H,14H2,1-2H3,(H,30,33). The van der Waals surface area contributed by atoms with Crippen LogP contribution in [-0.2, 0) is 25.8 Å². The Labute approximate surface area is 215 Å². The number of nitrogens with one attached hydrogen (secondary N) is 1. The lowest BCUT2D eigenvalue weighted by atomic mass is 10.0. The molecular formula is C25H21ClF3N3O5. The Hall–Kier alpha value is -4.12. The maximum atomic E-state index is 12.9. The highest BCUT2D eigenvalue weighted by Crippen LogP contribution is 2.33. The van der Waals surface area contributed by atoms with E-state index in [0.29, 0.717) is 16.7 Å². The van der Waals surface area contributed by atoms with Crippen LogP contribution in [0.5, 0.6) is 5.88 Å². The van der Waals surface area contributed by atoms with Crippen molar-refractivity contribution in [2.24, 2.45) is 5.16 Å². The number of carbonyl (C=O) groups excluding carboxylic acids is 2. The molecule has 0 bridgehead atoms. The van der Waals surface area contributed by atoms with Crippen molar-refractivity contribution in [2.45, 2.75) is 18.9 Å². The van der Waals surface area contributed by atoms with Crippen LogP contribution in [0.25, 0.3) is 0 Å². The number of nitrogens with zero attached hydrogens (tertiary/aromatic N) is 2. The Kier molecular flexibility index (Phi) is 9.07. The van der Waals surface area contributed by atoms with Crippen LogP contribution in [0.15, 0.2) is 72.0 Å². The summed E-state index contributed by atoms with van der Waals surface area (Å²) in [4.78, 5) is 32.7. The second kappa shape index (κ2) is 12.2. The van der Waals surface area contributed by atoms with Gasteiger partial charge in [0.05, 0.1) is 0 Å². The van der Waals surface area contributed by atoms with Gasteiger partial charge in [-0.1, -0.05) is 71.4 Å². The molecular weight excluding hydrogens is 515 g/mol. The lowest BCUT2D eigenvalue weighted by Crippen LogP contribution is -2.29. The summed E-state index contributed by atoms with van der Waals surface area (Å²) in [5.41, 5.74) is 1.43. The van der Waals surface area contributed by atoms with Crippen LogP contribution in [0, 0.1) is 0 Å². The van der Waals surface area contributed by atoms with Gasteiger partial charge in [-0.15, -0.1) is 0 Å². The van der Waals surface area contributed by atoms with Gasteiger partial charge in [-0.2, -0.15) is 13.2 Å². The van der Waals surface area contributed by atoms with E-state index in [9.17, 15) is 22.8 Å². The summed E-state index contributed by atoms with van der Waals surface area (Å²) in [6.07, 6.45) is -5.38. The Morgan fingerprint density at radius 3 is 2.38 bits per heavy atom. The van der Waals surface area contributed by atoms with Crippen molar-refractivity contribution in [1.29, 1.82) is 0 Å². The summed E-state index contributed by atoms with van der Waals surface area (Å²) >= 11 is 6.32. The smallest absolute Gasteiger partial charge is 0.472 e. The van der Waals surface area contributed by atoms with Crippen LogP contribution in [0.1, 0.15) is 28.4 Å². The highest BCUT2D eigenvalue weighted by Gasteiger charge is 2.42. The van der Waals surface area contributed by atoms with Crippen LogP contribution in [0.3, 0.4) is 0 Å². The first kappa shape index (κ1) is 27.5. The molecule has 0 aliphatic heterocycles. The zero-order chi connectivity index (χ0) is 27.0. The maximum Gasteiger partial charge on any atom is 0.490 e. The molecule has 0 saturated carbocycles. The fraction of sp³-hybridized carbons (Fsp3) is 0.200. The molecule has 3 aromatic rings. The van der Waals surface area contributed by atoms with E-state index in [1.807, 2.05) is 0 Å². The van der Waals surface area contributed by atoms with E-state index in [1.165, 1.54) is 38.6 Å². The van der Waals surface area contributed by atoms with Crippen molar-refractivity contribution in [2.75, 3.05) is 14.2 Å². The second-order valence-electron chi connectivity index (χ2n) is 7.40. The summed E-state index contributed by atoms with van der Waals surface area (Å²) in [6, 6.07) is 16.0. The van der Waals surface area contributed by atoms with Crippen molar-refractivity contribution in [3.63, 3.8) is 0 Å². The summed E-state index contributed by atoms with van der Waals surface area (Å²) in [6.45, 7) is -0.0762. The molecule has 1 atom stereocenters. The molecule has 1 unspecified atom stereocenters. The number of alkyl halides is 3. The molecule has 1 heterocycles. The van der Waals surface area contributed by atoms with Crippen molar-refractivity contribution in [3.05, 3.63) is 94.1 Å². The number of hydrogen-bond acceptors (Lipinski definition) is 7. The van der Waals surface area contributed by atoms with Gasteiger partial charge in [0.2, 0.25) is 5.88 Å². The maximum absolute atomic E-state index is 12.9. The number of ether oxygens (including phenoxy) is 2. The van der Waals surface area contributed by atoms with E-state index in [-0.39, 0.29) is 28.8 Å². The molecule has 37 heavy (non-hydrogen) atoms. The van der Waals surface area contributed by atoms with Crippen LogP contribution in [-0.4, -0.2) is 42.9 Å². The van der Waals surface area contributed by atoms with Crippen LogP contribution >= 0.6 is 11.6 Å². The largest absolute Gasteiger partial charge is 0.490 e. The molecule has 194 valence electrons. The third-order valence-corrected chi connectivity index (χ3v) is 5.22. The molecule has 0 spiro atoms. The predicted octanol–water partition coefficient (Wildman–Crippen LogP) is 4.61. The van der Waals surface area contributed by atoms with Crippen molar-refractivity contribution < 1.29 is 37.1 Å². The van der Waals surface area contributed by atoms with E-state index in [4.69, 9.17) is 25.9 Å². The lowest BCUT2D eigenvalue weighted by molar-refractivity contribution is -0.203. The average molecular weight is 536 g/mol. The molecule has 1 amide bonds. The zero-order valence-corrected chi connectivity index (χ0v) is 20.3. The quantitative estimate of drug-likeness (QED) is 0.244. The molecule has 8 nitrogen and oxygen atoms in total. The fourth-order valence-corrected chi connectivity index (χ4v) is 3.50. The number of aromatic nitrogens is 1. The summed E-state index contributed by atoms with van der Waals surface area (Å²) in [7, 11) is 2.76. The van der Waals surface area contributed by atoms with Gasteiger partial charge < -0.3 is 19.6 Å². The van der Waals surface area contributed by atoms with Gasteiger partial charge in [-0.25, -0.2) is 9.78 Å². The summed E-state index contributed by atoms with van der Waals surface area (Å²) in [5, 5.41) is 6.23. The highest BCUT2D eigenvalue weighted by molar-refractivity contribution is 6.45. The molecule has 1 aromatic heterocycles. The normalized spacial score (nSPS) is 12.4. The number of carbonyl (C=O) groups is 2. The van der Waals surface area contributed by atoms with E-state index in [2.05, 4.69) is 15.5 Å². The molecule has 0 fully saturated rings. The van der Waals surface area contributed by atoms with Gasteiger partial charge in [0.1, 0.15) is 18.7 Å². The minimum atomic E-state index is -5.18. The number of hydrogen-bond donors (Lipinski definition) is 1. The number of oxime groups is 1. The van der Waals surface area contributed by atoms with E-state index >= 15 is 0 Å². The van der Waals surface area contributed by atoms with Gasteiger partial charge in [0.25, 0.3) is 5.91 Å². The first-order valence-electron chi connectivity index (χ1n) is 10.7. The van der Waals surface area contributed by atoms with Gasteiger partial charge in [-0.3, -0.25) is 4.79 Å². The van der Waals surface area contributed by atoms with Crippen molar-refractivity contribution >= 4 is 29.2 Å². The van der Waals surface area contributed by atoms with Crippen LogP contribution in [0.2, 0.25) is 5.02 Å². The first-order valence-corrected chi connectivity index (χ1v) is 11.1. The number of pyridine rings is 1. The SMILES string of the molecule is CNC(=O)C(=NOC)c1ccccc1COc1ncc(C(OC(=O)C(F)(F)F)c2ccccc2)cc1Cl. The monoisotopic (exact) mass is 535 g/mol. The molecule has 3 rings (SSSR count). The van der Waals surface area contributed by atoms with Crippen LogP contribution in [0.4, 0.5) is 13.2 Å². The zero-order valence-electron chi connectivity index (χ0n) is 19.6. The molecule has 0 aliphatic carbocycles. The van der Waals surface area contributed by atoms with Gasteiger partial charge in [-0.05, 0) is 17.2 Å². The number of benzene rings is 2. The first-order chi connectivity index (χ1) is 17.7. The molecule has 1 N–H and O–H groups in total. The topological polar surface area (TPSA) is 99.1 Å². The Morgan fingerprint density at radius 2 is 1.76 bits per heavy atom. The third kappa shape index (κ3) is 6.98. The van der Waals surface area contributed by atoms with Crippen LogP contribution < -0.4 is 10.1 Å².